The van der Waals surface area contributed by atoms with E-state index in [2.05, 4.69) is 22.5 Å². The van der Waals surface area contributed by atoms with Gasteiger partial charge in [-0.2, -0.15) is 0 Å². The molecule has 0 radical (unpaired) electrons. The van der Waals surface area contributed by atoms with Gasteiger partial charge in [0.05, 0.1) is 6.54 Å². The third-order valence-corrected chi connectivity index (χ3v) is 2.68. The van der Waals surface area contributed by atoms with Gasteiger partial charge in [0.1, 0.15) is 12.4 Å². The number of ether oxygens (including phenoxy) is 1. The van der Waals surface area contributed by atoms with E-state index in [0.717, 1.165) is 44.0 Å². The molecule has 1 aromatic rings. The smallest absolute Gasteiger partial charge is 0.191 e. The van der Waals surface area contributed by atoms with Crippen molar-refractivity contribution in [2.45, 2.75) is 26.7 Å². The summed E-state index contributed by atoms with van der Waals surface area (Å²) in [6.07, 6.45) is 2.14. The molecule has 0 saturated heterocycles. The Balaban J connectivity index is 2.33. The summed E-state index contributed by atoms with van der Waals surface area (Å²) in [4.78, 5) is 4.40. The number of guanidine groups is 1. The molecule has 0 unspecified atom stereocenters. The number of nitrogens with one attached hydrogen (secondary N) is 2. The van der Waals surface area contributed by atoms with Crippen molar-refractivity contribution >= 4 is 5.96 Å². The van der Waals surface area contributed by atoms with E-state index in [1.54, 1.807) is 0 Å². The van der Waals surface area contributed by atoms with Crippen molar-refractivity contribution in [1.82, 2.24) is 10.6 Å². The number of rotatable bonds is 8. The zero-order valence-electron chi connectivity index (χ0n) is 12.6. The second kappa shape index (κ2) is 9.96. The highest BCUT2D eigenvalue weighted by Crippen LogP contribution is 2.14. The minimum atomic E-state index is -0.907. The topological polar surface area (TPSA) is 45.7 Å². The molecule has 1 aromatic carbocycles. The van der Waals surface area contributed by atoms with Crippen LogP contribution in [-0.2, 0) is 0 Å². The van der Waals surface area contributed by atoms with Crippen molar-refractivity contribution in [3.63, 3.8) is 0 Å². The number of nitrogens with zero attached hydrogens (tertiary/aromatic N) is 1. The van der Waals surface area contributed by atoms with Gasteiger partial charge in [0.2, 0.25) is 0 Å². The molecule has 0 aliphatic rings. The van der Waals surface area contributed by atoms with Crippen LogP contribution < -0.4 is 15.4 Å². The van der Waals surface area contributed by atoms with Gasteiger partial charge in [-0.15, -0.1) is 0 Å². The number of benzene rings is 1. The molecule has 0 atom stereocenters. The van der Waals surface area contributed by atoms with Crippen LogP contribution in [-0.4, -0.2) is 32.2 Å². The molecule has 0 aliphatic carbocycles. The van der Waals surface area contributed by atoms with Crippen molar-refractivity contribution in [2.24, 2.45) is 4.99 Å². The van der Waals surface area contributed by atoms with Crippen LogP contribution in [0.15, 0.2) is 23.2 Å². The third-order valence-electron chi connectivity index (χ3n) is 2.68. The molecule has 0 bridgehead atoms. The summed E-state index contributed by atoms with van der Waals surface area (Å²) in [5.41, 5.74) is 0. The third kappa shape index (κ3) is 6.92. The average Bonchev–Trinajstić information content (AvgIpc) is 2.47. The summed E-state index contributed by atoms with van der Waals surface area (Å²) in [6, 6.07) is 3.49. The second-order valence-corrected chi connectivity index (χ2v) is 4.47. The van der Waals surface area contributed by atoms with E-state index < -0.39 is 11.6 Å². The van der Waals surface area contributed by atoms with Gasteiger partial charge in [-0.05, 0) is 25.5 Å². The van der Waals surface area contributed by atoms with Gasteiger partial charge in [-0.3, -0.25) is 4.99 Å². The molecule has 6 heteroatoms. The van der Waals surface area contributed by atoms with Crippen molar-refractivity contribution < 1.29 is 13.5 Å². The van der Waals surface area contributed by atoms with Crippen molar-refractivity contribution in [2.75, 3.05) is 26.2 Å². The highest BCUT2D eigenvalue weighted by Gasteiger charge is 2.03. The molecule has 0 spiro atoms. The lowest BCUT2D eigenvalue weighted by Crippen LogP contribution is -2.39. The highest BCUT2D eigenvalue weighted by atomic mass is 19.2. The van der Waals surface area contributed by atoms with Gasteiger partial charge in [0, 0.05) is 19.2 Å². The molecule has 2 N–H and O–H groups in total. The van der Waals surface area contributed by atoms with E-state index in [-0.39, 0.29) is 0 Å². The van der Waals surface area contributed by atoms with E-state index in [1.165, 1.54) is 6.07 Å². The molecular weight excluding hydrogens is 276 g/mol. The van der Waals surface area contributed by atoms with E-state index in [0.29, 0.717) is 18.9 Å². The fourth-order valence-corrected chi connectivity index (χ4v) is 1.60. The predicted molar refractivity (Wildman–Crippen MR) is 80.7 cm³/mol. The lowest BCUT2D eigenvalue weighted by molar-refractivity contribution is 0.318. The van der Waals surface area contributed by atoms with Crippen LogP contribution in [0.5, 0.6) is 5.75 Å². The van der Waals surface area contributed by atoms with Gasteiger partial charge >= 0.3 is 0 Å². The number of halogens is 2. The Morgan fingerprint density at radius 2 is 2.00 bits per heavy atom. The van der Waals surface area contributed by atoms with Crippen LogP contribution in [0, 0.1) is 11.6 Å². The first-order valence-corrected chi connectivity index (χ1v) is 7.27. The van der Waals surface area contributed by atoms with Gasteiger partial charge in [-0.1, -0.05) is 13.3 Å². The molecular formula is C15H23F2N3O. The zero-order chi connectivity index (χ0) is 15.5. The Kier molecular flexibility index (Phi) is 8.16. The molecule has 4 nitrogen and oxygen atoms in total. The maximum Gasteiger partial charge on any atom is 0.191 e. The number of hydrogen-bond acceptors (Lipinski definition) is 2. The predicted octanol–water partition coefficient (Wildman–Crippen LogP) is 2.70. The van der Waals surface area contributed by atoms with Crippen molar-refractivity contribution in [3.8, 4) is 5.75 Å². The molecule has 0 aromatic heterocycles. The maximum absolute atomic E-state index is 13.0. The first-order chi connectivity index (χ1) is 10.2. The summed E-state index contributed by atoms with van der Waals surface area (Å²) in [7, 11) is 0. The SMILES string of the molecule is CCCCN=C(NCC)NCCOc1ccc(F)c(F)c1. The molecule has 0 fully saturated rings. The van der Waals surface area contributed by atoms with E-state index in [9.17, 15) is 8.78 Å². The zero-order valence-corrected chi connectivity index (χ0v) is 12.6. The average molecular weight is 299 g/mol. The summed E-state index contributed by atoms with van der Waals surface area (Å²) in [5, 5.41) is 6.25. The Morgan fingerprint density at radius 3 is 2.67 bits per heavy atom. The molecule has 118 valence electrons. The minimum absolute atomic E-state index is 0.309. The van der Waals surface area contributed by atoms with Gasteiger partial charge < -0.3 is 15.4 Å². The number of aliphatic imine (C=N–C) groups is 1. The van der Waals surface area contributed by atoms with Crippen LogP contribution in [0.1, 0.15) is 26.7 Å². The normalized spacial score (nSPS) is 11.3. The molecule has 0 saturated carbocycles. The van der Waals surface area contributed by atoms with Crippen LogP contribution in [0.2, 0.25) is 0 Å². The van der Waals surface area contributed by atoms with E-state index in [1.807, 2.05) is 6.92 Å². The van der Waals surface area contributed by atoms with Gasteiger partial charge in [0.25, 0.3) is 0 Å². The number of unbranched alkanes of at least 4 members (excludes halogenated alkanes) is 1. The molecule has 0 aliphatic heterocycles. The lowest BCUT2D eigenvalue weighted by atomic mass is 10.3. The van der Waals surface area contributed by atoms with Crippen molar-refractivity contribution in [3.05, 3.63) is 29.8 Å². The van der Waals surface area contributed by atoms with Crippen LogP contribution in [0.3, 0.4) is 0 Å². The Hall–Kier alpha value is -1.85. The Bertz CT molecular complexity index is 453. The lowest BCUT2D eigenvalue weighted by Gasteiger charge is -2.12. The van der Waals surface area contributed by atoms with Crippen LogP contribution in [0.25, 0.3) is 0 Å². The molecule has 0 amide bonds. The molecule has 21 heavy (non-hydrogen) atoms. The second-order valence-electron chi connectivity index (χ2n) is 4.47. The highest BCUT2D eigenvalue weighted by molar-refractivity contribution is 5.79. The van der Waals surface area contributed by atoms with Gasteiger partial charge in [-0.25, -0.2) is 8.78 Å². The first-order valence-electron chi connectivity index (χ1n) is 7.27. The van der Waals surface area contributed by atoms with Crippen molar-refractivity contribution in [1.29, 1.82) is 0 Å². The fraction of sp³-hybridized carbons (Fsp3) is 0.533. The largest absolute Gasteiger partial charge is 0.492 e. The van der Waals surface area contributed by atoms with Gasteiger partial charge in [0.15, 0.2) is 17.6 Å². The summed E-state index contributed by atoms with van der Waals surface area (Å²) in [5.74, 6) is -0.739. The fourth-order valence-electron chi connectivity index (χ4n) is 1.60. The molecule has 0 heterocycles. The van der Waals surface area contributed by atoms with E-state index in [4.69, 9.17) is 4.74 Å². The summed E-state index contributed by atoms with van der Waals surface area (Å²) < 4.78 is 31.1. The quantitative estimate of drug-likeness (QED) is 0.441. The summed E-state index contributed by atoms with van der Waals surface area (Å²) >= 11 is 0. The van der Waals surface area contributed by atoms with Crippen LogP contribution in [0.4, 0.5) is 8.78 Å². The molecule has 1 rings (SSSR count). The minimum Gasteiger partial charge on any atom is -0.492 e. The van der Waals surface area contributed by atoms with Crippen LogP contribution >= 0.6 is 0 Å². The van der Waals surface area contributed by atoms with E-state index >= 15 is 0 Å². The first kappa shape index (κ1) is 17.2. The Morgan fingerprint density at radius 1 is 1.19 bits per heavy atom. The Labute approximate surface area is 124 Å². The summed E-state index contributed by atoms with van der Waals surface area (Å²) in [6.45, 7) is 6.53. The standard InChI is InChI=1S/C15H23F2N3O/c1-3-5-8-19-15(18-4-2)20-9-10-21-12-6-7-13(16)14(17)11-12/h6-7,11H,3-5,8-10H2,1-2H3,(H2,18,19,20). The monoisotopic (exact) mass is 299 g/mol. The maximum atomic E-state index is 13.0. The number of hydrogen-bond donors (Lipinski definition) is 2.